The third kappa shape index (κ3) is 1.46. The number of carbonyl (C=O) groups is 1. The monoisotopic (exact) mass is 89.0 g/mol. The third-order valence-corrected chi connectivity index (χ3v) is 0.272. The van der Waals surface area contributed by atoms with E-state index in [1.165, 1.54) is 0 Å². The van der Waals surface area contributed by atoms with Gasteiger partial charge in [0.15, 0.2) is 12.1 Å². The quantitative estimate of drug-likeness (QED) is 0.361. The number of carbonyl (C=O) groups excluding carboxylic acids is 1. The summed E-state index contributed by atoms with van der Waals surface area (Å²) in [6.45, 7) is 0. The molecular weight excluding hydrogens is 85.0 g/mol. The zero-order valence-corrected chi connectivity index (χ0v) is 3.02. The summed E-state index contributed by atoms with van der Waals surface area (Å²) in [5, 5.41) is 0. The Morgan fingerprint density at radius 3 is 2.33 bits per heavy atom. The zero-order valence-electron chi connectivity index (χ0n) is 3.02. The van der Waals surface area contributed by atoms with Gasteiger partial charge in [-0.15, -0.1) is 0 Å². The molecule has 0 fully saturated rings. The Hall–Kier alpha value is -0.860. The van der Waals surface area contributed by atoms with Crippen molar-refractivity contribution in [2.75, 3.05) is 0 Å². The lowest BCUT2D eigenvalue weighted by atomic mass is 10.6. The first-order valence-electron chi connectivity index (χ1n) is 1.34. The van der Waals surface area contributed by atoms with Gasteiger partial charge in [0.05, 0.1) is 0 Å². The van der Waals surface area contributed by atoms with Crippen molar-refractivity contribution >= 4 is 6.29 Å². The largest absolute Gasteiger partial charge is 0.402 e. The minimum Gasteiger partial charge on any atom is -0.402 e. The van der Waals surface area contributed by atoms with Gasteiger partial charge < -0.3 is 5.73 Å². The normalized spacial score (nSPS) is 11.2. The van der Waals surface area contributed by atoms with Crippen LogP contribution in [-0.2, 0) is 4.79 Å². The standard InChI is InChI=1S/C3H4FNO/c4-3(1-5)2-6/h1-2H,5H2/b3-1-. The van der Waals surface area contributed by atoms with Gasteiger partial charge in [0.2, 0.25) is 0 Å². The summed E-state index contributed by atoms with van der Waals surface area (Å²) in [5.74, 6) is -0.935. The highest BCUT2D eigenvalue weighted by Gasteiger charge is 1.79. The molecule has 0 aliphatic rings. The lowest BCUT2D eigenvalue weighted by Crippen LogP contribution is -1.81. The highest BCUT2D eigenvalue weighted by molar-refractivity contribution is 5.69. The predicted octanol–water partition coefficient (Wildman–Crippen LogP) is -0.0451. The summed E-state index contributed by atoms with van der Waals surface area (Å²) < 4.78 is 11.2. The number of rotatable bonds is 1. The molecular formula is C3H4FNO. The molecule has 0 aliphatic heterocycles. The Morgan fingerprint density at radius 2 is 2.33 bits per heavy atom. The number of nitrogens with two attached hydrogens (primary N) is 1. The molecule has 0 atom stereocenters. The number of hydrogen-bond acceptors (Lipinski definition) is 2. The molecule has 0 heterocycles. The molecule has 2 nitrogen and oxygen atoms in total. The second-order valence-corrected chi connectivity index (χ2v) is 0.669. The van der Waals surface area contributed by atoms with Crippen LogP contribution >= 0.6 is 0 Å². The van der Waals surface area contributed by atoms with Gasteiger partial charge in [0.1, 0.15) is 0 Å². The van der Waals surface area contributed by atoms with E-state index in [9.17, 15) is 9.18 Å². The van der Waals surface area contributed by atoms with Crippen molar-refractivity contribution in [3.8, 4) is 0 Å². The number of aldehydes is 1. The van der Waals surface area contributed by atoms with Gasteiger partial charge in [-0.3, -0.25) is 4.79 Å². The van der Waals surface area contributed by atoms with Crippen LogP contribution in [0.3, 0.4) is 0 Å². The minimum atomic E-state index is -0.935. The maximum Gasteiger partial charge on any atom is 0.179 e. The SMILES string of the molecule is N/C=C(\F)C=O. The molecule has 0 saturated carbocycles. The van der Waals surface area contributed by atoms with Gasteiger partial charge in [-0.1, -0.05) is 0 Å². The molecule has 3 heteroatoms. The molecule has 0 aromatic heterocycles. The van der Waals surface area contributed by atoms with E-state index < -0.39 is 5.83 Å². The number of hydrogen-bond donors (Lipinski definition) is 1. The van der Waals surface area contributed by atoms with Crippen LogP contribution in [0.5, 0.6) is 0 Å². The van der Waals surface area contributed by atoms with Gasteiger partial charge in [-0.2, -0.15) is 0 Å². The average molecular weight is 89.1 g/mol. The van der Waals surface area contributed by atoms with Gasteiger partial charge in [0, 0.05) is 6.20 Å². The fourth-order valence-corrected chi connectivity index (χ4v) is 0.0393. The topological polar surface area (TPSA) is 43.1 Å². The number of allylic oxidation sites excluding steroid dienone is 1. The number of halogens is 1. The Bertz CT molecular complexity index is 78.9. The summed E-state index contributed by atoms with van der Waals surface area (Å²) in [5.41, 5.74) is 4.51. The highest BCUT2D eigenvalue weighted by Crippen LogP contribution is 1.81. The van der Waals surface area contributed by atoms with E-state index in [4.69, 9.17) is 0 Å². The fourth-order valence-electron chi connectivity index (χ4n) is 0.0393. The third-order valence-electron chi connectivity index (χ3n) is 0.272. The zero-order chi connectivity index (χ0) is 4.99. The van der Waals surface area contributed by atoms with Crippen LogP contribution < -0.4 is 5.73 Å². The molecule has 34 valence electrons. The Balaban J connectivity index is 3.50. The van der Waals surface area contributed by atoms with Crippen LogP contribution in [0.2, 0.25) is 0 Å². The predicted molar refractivity (Wildman–Crippen MR) is 19.4 cm³/mol. The Kier molecular flexibility index (Phi) is 2.04. The molecule has 0 unspecified atom stereocenters. The molecule has 0 amide bonds. The van der Waals surface area contributed by atoms with E-state index in [0.717, 1.165) is 0 Å². The van der Waals surface area contributed by atoms with Crippen LogP contribution in [0.4, 0.5) is 4.39 Å². The van der Waals surface area contributed by atoms with E-state index in [2.05, 4.69) is 5.73 Å². The van der Waals surface area contributed by atoms with Crippen molar-refractivity contribution in [2.24, 2.45) is 5.73 Å². The van der Waals surface area contributed by atoms with Gasteiger partial charge in [0.25, 0.3) is 0 Å². The van der Waals surface area contributed by atoms with Crippen molar-refractivity contribution in [2.45, 2.75) is 0 Å². The molecule has 0 radical (unpaired) electrons. The van der Waals surface area contributed by atoms with E-state index in [0.29, 0.717) is 6.20 Å². The van der Waals surface area contributed by atoms with Crippen molar-refractivity contribution in [1.82, 2.24) is 0 Å². The van der Waals surface area contributed by atoms with Gasteiger partial charge in [-0.05, 0) is 0 Å². The summed E-state index contributed by atoms with van der Waals surface area (Å²) in [7, 11) is 0. The van der Waals surface area contributed by atoms with E-state index in [1.807, 2.05) is 0 Å². The summed E-state index contributed by atoms with van der Waals surface area (Å²) in [4.78, 5) is 9.21. The molecule has 0 rings (SSSR count). The van der Waals surface area contributed by atoms with Gasteiger partial charge in [-0.25, -0.2) is 4.39 Å². The smallest absolute Gasteiger partial charge is 0.179 e. The van der Waals surface area contributed by atoms with Crippen molar-refractivity contribution in [3.63, 3.8) is 0 Å². The summed E-state index contributed by atoms with van der Waals surface area (Å²) in [6.07, 6.45) is 0.646. The van der Waals surface area contributed by atoms with E-state index >= 15 is 0 Å². The summed E-state index contributed by atoms with van der Waals surface area (Å²) >= 11 is 0. The second kappa shape index (κ2) is 2.38. The fraction of sp³-hybridized carbons (Fsp3) is 0. The van der Waals surface area contributed by atoms with Crippen molar-refractivity contribution in [1.29, 1.82) is 0 Å². The van der Waals surface area contributed by atoms with Crippen LogP contribution in [0.25, 0.3) is 0 Å². The van der Waals surface area contributed by atoms with Crippen LogP contribution in [0.15, 0.2) is 12.0 Å². The molecule has 0 aromatic rings. The average Bonchev–Trinajstić information content (AvgIpc) is 1.65. The Labute approximate surface area is 34.4 Å². The van der Waals surface area contributed by atoms with Gasteiger partial charge >= 0.3 is 0 Å². The molecule has 0 spiro atoms. The summed E-state index contributed by atoms with van der Waals surface area (Å²) in [6, 6.07) is 0. The van der Waals surface area contributed by atoms with E-state index in [1.54, 1.807) is 0 Å². The first-order valence-corrected chi connectivity index (χ1v) is 1.34. The molecule has 0 saturated heterocycles. The van der Waals surface area contributed by atoms with Crippen LogP contribution in [0, 0.1) is 0 Å². The van der Waals surface area contributed by atoms with Crippen LogP contribution in [0.1, 0.15) is 0 Å². The maximum atomic E-state index is 11.2. The Morgan fingerprint density at radius 1 is 1.83 bits per heavy atom. The van der Waals surface area contributed by atoms with Crippen molar-refractivity contribution in [3.05, 3.63) is 12.0 Å². The molecule has 0 aromatic carbocycles. The highest BCUT2D eigenvalue weighted by atomic mass is 19.1. The van der Waals surface area contributed by atoms with Crippen LogP contribution in [-0.4, -0.2) is 6.29 Å². The lowest BCUT2D eigenvalue weighted by molar-refractivity contribution is -0.106. The van der Waals surface area contributed by atoms with E-state index in [-0.39, 0.29) is 6.29 Å². The second-order valence-electron chi connectivity index (χ2n) is 0.669. The molecule has 0 bridgehead atoms. The minimum absolute atomic E-state index is 0.0417. The maximum absolute atomic E-state index is 11.2. The first-order chi connectivity index (χ1) is 2.81. The molecule has 6 heavy (non-hydrogen) atoms. The first kappa shape index (κ1) is 5.14. The lowest BCUT2D eigenvalue weighted by Gasteiger charge is -1.69. The molecule has 0 aliphatic carbocycles. The van der Waals surface area contributed by atoms with Crippen molar-refractivity contribution < 1.29 is 9.18 Å². The molecule has 2 N–H and O–H groups in total.